The molecular weight excluding hydrogens is 390 g/mol. The van der Waals surface area contributed by atoms with Crippen LogP contribution >= 0.6 is 0 Å². The molecule has 1 aliphatic rings. The predicted octanol–water partition coefficient (Wildman–Crippen LogP) is 2.25. The molecule has 8 heteroatoms. The molecule has 2 aromatic rings. The first-order valence-corrected chi connectivity index (χ1v) is 10.8. The lowest BCUT2D eigenvalue weighted by Gasteiger charge is -2.15. The Morgan fingerprint density at radius 2 is 1.69 bits per heavy atom. The van der Waals surface area contributed by atoms with E-state index >= 15 is 0 Å². The van der Waals surface area contributed by atoms with Crippen LogP contribution < -0.4 is 10.9 Å². The highest BCUT2D eigenvalue weighted by molar-refractivity contribution is 7.89. The molecule has 1 aliphatic heterocycles. The van der Waals surface area contributed by atoms with Gasteiger partial charge in [0.05, 0.1) is 4.90 Å². The van der Waals surface area contributed by atoms with Crippen molar-refractivity contribution in [2.24, 2.45) is 0 Å². The number of hydrogen-bond acceptors (Lipinski definition) is 4. The SMILES string of the molecule is Cc1cccc(/C=C/C(=O)NNC(=O)c2ccc(S(=O)(=O)N3CCCC3)cc2)c1. The number of carbonyl (C=O) groups is 2. The van der Waals surface area contributed by atoms with E-state index in [1.54, 1.807) is 6.08 Å². The first kappa shape index (κ1) is 20.8. The Bertz CT molecular complexity index is 1020. The third-order valence-electron chi connectivity index (χ3n) is 4.59. The van der Waals surface area contributed by atoms with Crippen molar-refractivity contribution in [1.29, 1.82) is 0 Å². The maximum Gasteiger partial charge on any atom is 0.269 e. The third kappa shape index (κ3) is 5.30. The van der Waals surface area contributed by atoms with Crippen LogP contribution in [0.15, 0.2) is 59.5 Å². The molecule has 0 aromatic heterocycles. The van der Waals surface area contributed by atoms with E-state index in [9.17, 15) is 18.0 Å². The Balaban J connectivity index is 1.56. The van der Waals surface area contributed by atoms with Crippen molar-refractivity contribution < 1.29 is 18.0 Å². The number of aryl methyl sites for hydroxylation is 1. The van der Waals surface area contributed by atoms with Crippen molar-refractivity contribution in [2.75, 3.05) is 13.1 Å². The molecule has 7 nitrogen and oxygen atoms in total. The van der Waals surface area contributed by atoms with Gasteiger partial charge in [0.15, 0.2) is 0 Å². The van der Waals surface area contributed by atoms with Crippen molar-refractivity contribution in [2.45, 2.75) is 24.7 Å². The molecule has 152 valence electrons. The summed E-state index contributed by atoms with van der Waals surface area (Å²) in [7, 11) is -3.52. The standard InChI is InChI=1S/C21H23N3O4S/c1-16-5-4-6-17(15-16)7-12-20(25)22-23-21(26)18-8-10-19(11-9-18)29(27,28)24-13-2-3-14-24/h4-12,15H,2-3,13-14H2,1H3,(H,22,25)(H,23,26)/b12-7+. The molecule has 0 bridgehead atoms. The zero-order chi connectivity index (χ0) is 20.9. The number of amides is 2. The fraction of sp³-hybridized carbons (Fsp3) is 0.238. The van der Waals surface area contributed by atoms with Crippen LogP contribution in [0.1, 0.15) is 34.3 Å². The maximum absolute atomic E-state index is 12.5. The molecule has 0 radical (unpaired) electrons. The van der Waals surface area contributed by atoms with Crippen LogP contribution in [-0.2, 0) is 14.8 Å². The summed E-state index contributed by atoms with van der Waals surface area (Å²) in [6.07, 6.45) is 4.68. The number of benzene rings is 2. The topological polar surface area (TPSA) is 95.6 Å². The second kappa shape index (κ2) is 9.02. The van der Waals surface area contributed by atoms with Gasteiger partial charge in [-0.2, -0.15) is 4.31 Å². The van der Waals surface area contributed by atoms with Gasteiger partial charge in [-0.15, -0.1) is 0 Å². The highest BCUT2D eigenvalue weighted by Crippen LogP contribution is 2.21. The zero-order valence-electron chi connectivity index (χ0n) is 16.1. The van der Waals surface area contributed by atoms with E-state index in [0.717, 1.165) is 24.0 Å². The summed E-state index contributed by atoms with van der Waals surface area (Å²) in [5.41, 5.74) is 6.81. The maximum atomic E-state index is 12.5. The summed E-state index contributed by atoms with van der Waals surface area (Å²) in [6.45, 7) is 3.00. The highest BCUT2D eigenvalue weighted by Gasteiger charge is 2.27. The Hall–Kier alpha value is -2.97. The van der Waals surface area contributed by atoms with Crippen LogP contribution in [-0.4, -0.2) is 37.6 Å². The van der Waals surface area contributed by atoms with E-state index < -0.39 is 21.8 Å². The molecule has 2 amide bonds. The summed E-state index contributed by atoms with van der Waals surface area (Å²) in [5, 5.41) is 0. The average molecular weight is 413 g/mol. The van der Waals surface area contributed by atoms with Gasteiger partial charge in [0.2, 0.25) is 10.0 Å². The molecule has 0 atom stereocenters. The molecule has 2 aromatic carbocycles. The van der Waals surface area contributed by atoms with Crippen molar-refractivity contribution in [3.05, 3.63) is 71.3 Å². The van der Waals surface area contributed by atoms with E-state index in [0.29, 0.717) is 13.1 Å². The largest absolute Gasteiger partial charge is 0.269 e. The molecule has 29 heavy (non-hydrogen) atoms. The molecule has 0 saturated carbocycles. The summed E-state index contributed by atoms with van der Waals surface area (Å²) in [4.78, 5) is 24.2. The van der Waals surface area contributed by atoms with Gasteiger partial charge < -0.3 is 0 Å². The number of carbonyl (C=O) groups excluding carboxylic acids is 2. The minimum Gasteiger partial charge on any atom is -0.268 e. The Morgan fingerprint density at radius 1 is 1.00 bits per heavy atom. The van der Waals surface area contributed by atoms with Crippen LogP contribution in [0.4, 0.5) is 0 Å². The normalized spacial score (nSPS) is 14.8. The second-order valence-corrected chi connectivity index (χ2v) is 8.76. The van der Waals surface area contributed by atoms with Gasteiger partial charge in [-0.1, -0.05) is 29.8 Å². The van der Waals surface area contributed by atoms with E-state index in [4.69, 9.17) is 0 Å². The van der Waals surface area contributed by atoms with E-state index in [2.05, 4.69) is 10.9 Å². The van der Waals surface area contributed by atoms with Gasteiger partial charge >= 0.3 is 0 Å². The van der Waals surface area contributed by atoms with Gasteiger partial charge in [0.25, 0.3) is 11.8 Å². The lowest BCUT2D eigenvalue weighted by Crippen LogP contribution is -2.40. The predicted molar refractivity (Wildman–Crippen MR) is 110 cm³/mol. The number of sulfonamides is 1. The quantitative estimate of drug-likeness (QED) is 0.581. The molecule has 0 spiro atoms. The fourth-order valence-corrected chi connectivity index (χ4v) is 4.55. The van der Waals surface area contributed by atoms with E-state index in [-0.39, 0.29) is 10.5 Å². The van der Waals surface area contributed by atoms with Crippen LogP contribution in [0.3, 0.4) is 0 Å². The third-order valence-corrected chi connectivity index (χ3v) is 6.50. The van der Waals surface area contributed by atoms with Gasteiger partial charge in [0.1, 0.15) is 0 Å². The summed E-state index contributed by atoms with van der Waals surface area (Å²) >= 11 is 0. The number of nitrogens with one attached hydrogen (secondary N) is 2. The first-order valence-electron chi connectivity index (χ1n) is 9.31. The molecule has 1 fully saturated rings. The molecular formula is C21H23N3O4S. The van der Waals surface area contributed by atoms with E-state index in [1.165, 1.54) is 34.6 Å². The van der Waals surface area contributed by atoms with Crippen LogP contribution in [0.25, 0.3) is 6.08 Å². The molecule has 3 rings (SSSR count). The molecule has 0 unspecified atom stereocenters. The minimum absolute atomic E-state index is 0.154. The van der Waals surface area contributed by atoms with Crippen molar-refractivity contribution >= 4 is 27.9 Å². The first-order chi connectivity index (χ1) is 13.9. The lowest BCUT2D eigenvalue weighted by atomic mass is 10.1. The van der Waals surface area contributed by atoms with Crippen LogP contribution in [0.5, 0.6) is 0 Å². The second-order valence-electron chi connectivity index (χ2n) is 6.83. The Labute approximate surface area is 170 Å². The number of nitrogens with zero attached hydrogens (tertiary/aromatic N) is 1. The number of hydrogen-bond donors (Lipinski definition) is 2. The summed E-state index contributed by atoms with van der Waals surface area (Å²) in [5.74, 6) is -1.01. The molecule has 2 N–H and O–H groups in total. The molecule has 1 saturated heterocycles. The Kier molecular flexibility index (Phi) is 6.46. The van der Waals surface area contributed by atoms with E-state index in [1.807, 2.05) is 31.2 Å². The fourth-order valence-electron chi connectivity index (χ4n) is 3.03. The average Bonchev–Trinajstić information content (AvgIpc) is 3.26. The molecule has 1 heterocycles. The smallest absolute Gasteiger partial charge is 0.268 e. The number of hydrazine groups is 1. The summed E-state index contributed by atoms with van der Waals surface area (Å²) in [6, 6.07) is 13.3. The van der Waals surface area contributed by atoms with Crippen LogP contribution in [0, 0.1) is 6.92 Å². The van der Waals surface area contributed by atoms with Gasteiger partial charge in [0, 0.05) is 24.7 Å². The Morgan fingerprint density at radius 3 is 2.34 bits per heavy atom. The van der Waals surface area contributed by atoms with Crippen molar-refractivity contribution in [1.82, 2.24) is 15.2 Å². The zero-order valence-corrected chi connectivity index (χ0v) is 16.9. The van der Waals surface area contributed by atoms with Gasteiger partial charge in [-0.25, -0.2) is 8.42 Å². The monoisotopic (exact) mass is 413 g/mol. The lowest BCUT2D eigenvalue weighted by molar-refractivity contribution is -0.117. The van der Waals surface area contributed by atoms with Crippen molar-refractivity contribution in [3.8, 4) is 0 Å². The van der Waals surface area contributed by atoms with Crippen LogP contribution in [0.2, 0.25) is 0 Å². The number of rotatable bonds is 5. The molecule has 0 aliphatic carbocycles. The minimum atomic E-state index is -3.52. The van der Waals surface area contributed by atoms with Gasteiger partial charge in [-0.05, 0) is 55.7 Å². The summed E-state index contributed by atoms with van der Waals surface area (Å²) < 4.78 is 26.4. The van der Waals surface area contributed by atoms with Gasteiger partial charge in [-0.3, -0.25) is 20.4 Å². The van der Waals surface area contributed by atoms with Crippen molar-refractivity contribution in [3.63, 3.8) is 0 Å². The highest BCUT2D eigenvalue weighted by atomic mass is 32.2.